The maximum absolute atomic E-state index is 6.87. The summed E-state index contributed by atoms with van der Waals surface area (Å²) in [5.74, 6) is 0.332. The van der Waals surface area contributed by atoms with E-state index in [2.05, 4.69) is 218 Å². The van der Waals surface area contributed by atoms with Crippen LogP contribution < -0.4 is 0 Å². The van der Waals surface area contributed by atoms with Crippen LogP contribution in [0.4, 0.5) is 0 Å². The lowest BCUT2D eigenvalue weighted by atomic mass is 9.77. The van der Waals surface area contributed by atoms with Crippen LogP contribution in [-0.2, 0) is 6.42 Å². The van der Waals surface area contributed by atoms with E-state index in [0.717, 1.165) is 51.7 Å². The van der Waals surface area contributed by atoms with Crippen molar-refractivity contribution in [3.8, 4) is 27.9 Å². The fraction of sp³-hybridized carbons (Fsp3) is 0.113. The minimum Gasteiger partial charge on any atom is -0.456 e. The molecule has 13 rings (SSSR count). The van der Waals surface area contributed by atoms with Gasteiger partial charge in [0.25, 0.3) is 0 Å². The molecule has 11 aromatic rings. The van der Waals surface area contributed by atoms with Crippen LogP contribution in [0.5, 0.6) is 0 Å². The third-order valence-corrected chi connectivity index (χ3v) is 14.5. The molecule has 65 heavy (non-hydrogen) atoms. The summed E-state index contributed by atoms with van der Waals surface area (Å²) in [7, 11) is 0. The number of benzene rings is 9. The SMILES string of the molecule is C[C@H]1C(c2ccc(-c3ccccc3)cc2)=CCC(c2cc(-n3c4ccccc4c4cc5ccccc5cc43)cc3oc4ccccc4c23)=NC1C1CCc2ccccc2-c2ccccc21. The molecule has 3 heteroatoms. The summed E-state index contributed by atoms with van der Waals surface area (Å²) in [6.45, 7) is 2.43. The van der Waals surface area contributed by atoms with E-state index in [1.165, 1.54) is 77.1 Å². The molecular formula is C62H46N2O. The second-order valence-electron chi connectivity index (χ2n) is 18.1. The minimum atomic E-state index is -0.0283. The van der Waals surface area contributed by atoms with E-state index in [-0.39, 0.29) is 17.9 Å². The number of nitrogens with zero attached hydrogens (tertiary/aromatic N) is 2. The topological polar surface area (TPSA) is 30.4 Å². The molecule has 2 unspecified atom stereocenters. The number of allylic oxidation sites excluding steroid dienone is 1. The highest BCUT2D eigenvalue weighted by molar-refractivity contribution is 6.20. The van der Waals surface area contributed by atoms with Crippen LogP contribution in [0.15, 0.2) is 216 Å². The average molecular weight is 835 g/mol. The highest BCUT2D eigenvalue weighted by atomic mass is 16.3. The molecule has 0 N–H and O–H groups in total. The first kappa shape index (κ1) is 37.8. The fourth-order valence-electron chi connectivity index (χ4n) is 11.4. The number of fused-ring (bicyclic) bond motifs is 10. The molecule has 0 saturated carbocycles. The number of hydrogen-bond acceptors (Lipinski definition) is 2. The molecule has 0 amide bonds. The van der Waals surface area contributed by atoms with Crippen LogP contribution >= 0.6 is 0 Å². The first-order valence-electron chi connectivity index (χ1n) is 23.1. The Labute approximate surface area is 378 Å². The summed E-state index contributed by atoms with van der Waals surface area (Å²) in [6.07, 6.45) is 5.20. The molecule has 0 saturated heterocycles. The number of aliphatic imine (C=N–C) groups is 1. The lowest BCUT2D eigenvalue weighted by Gasteiger charge is -2.31. The molecule has 2 aliphatic rings. The van der Waals surface area contributed by atoms with Crippen molar-refractivity contribution in [3.05, 3.63) is 229 Å². The Bertz CT molecular complexity index is 3720. The number of hydrogen-bond donors (Lipinski definition) is 0. The van der Waals surface area contributed by atoms with E-state index >= 15 is 0 Å². The molecule has 0 fully saturated rings. The summed E-state index contributed by atoms with van der Waals surface area (Å²) in [5, 5.41) is 7.18. The zero-order valence-corrected chi connectivity index (χ0v) is 36.3. The first-order valence-corrected chi connectivity index (χ1v) is 23.1. The van der Waals surface area contributed by atoms with Gasteiger partial charge in [-0.1, -0.05) is 177 Å². The van der Waals surface area contributed by atoms with Gasteiger partial charge in [-0.2, -0.15) is 0 Å². The van der Waals surface area contributed by atoms with Crippen molar-refractivity contribution in [1.82, 2.24) is 4.57 Å². The van der Waals surface area contributed by atoms with Crippen LogP contribution in [0.25, 0.3) is 88.0 Å². The first-order chi connectivity index (χ1) is 32.1. The Morgan fingerprint density at radius 3 is 2.06 bits per heavy atom. The Kier molecular flexibility index (Phi) is 8.84. The van der Waals surface area contributed by atoms with E-state index in [1.54, 1.807) is 0 Å². The summed E-state index contributed by atoms with van der Waals surface area (Å²) in [6, 6.07) is 73.5. The van der Waals surface area contributed by atoms with Crippen molar-refractivity contribution in [2.75, 3.05) is 0 Å². The van der Waals surface area contributed by atoms with Gasteiger partial charge in [0.15, 0.2) is 0 Å². The van der Waals surface area contributed by atoms with Crippen molar-refractivity contribution in [1.29, 1.82) is 0 Å². The van der Waals surface area contributed by atoms with Crippen molar-refractivity contribution in [2.24, 2.45) is 10.9 Å². The maximum atomic E-state index is 6.87. The predicted molar refractivity (Wildman–Crippen MR) is 272 cm³/mol. The highest BCUT2D eigenvalue weighted by Crippen LogP contribution is 2.47. The third-order valence-electron chi connectivity index (χ3n) is 14.5. The normalized spacial score (nSPS) is 17.5. The molecule has 0 radical (unpaired) electrons. The fourth-order valence-corrected chi connectivity index (χ4v) is 11.4. The predicted octanol–water partition coefficient (Wildman–Crippen LogP) is 16.2. The second-order valence-corrected chi connectivity index (χ2v) is 18.1. The summed E-state index contributed by atoms with van der Waals surface area (Å²) >= 11 is 0. The van der Waals surface area contributed by atoms with Gasteiger partial charge in [-0.3, -0.25) is 4.99 Å². The van der Waals surface area contributed by atoms with E-state index in [4.69, 9.17) is 9.41 Å². The summed E-state index contributed by atoms with van der Waals surface area (Å²) in [4.78, 5) is 6.13. The van der Waals surface area contributed by atoms with Crippen molar-refractivity contribution >= 4 is 65.8 Å². The molecular weight excluding hydrogens is 789 g/mol. The standard InChI is InChI=1S/C62H46N2O/c1-39-47(43-29-27-41(28-30-43)40-15-3-2-4-16-40)33-34-56(63-62(39)52-32-31-42-17-7-8-20-48(42)49-21-9-10-22-50(49)52)55-37-46(38-60-61(55)53-24-12-14-26-59(53)65-60)64-57-25-13-11-23-51(57)54-35-44-18-5-6-19-45(44)36-58(54)64/h2-30,33,35-39,52,62H,31-32,34H2,1H3/t39-,52?,62?/m0/s1. The van der Waals surface area contributed by atoms with Gasteiger partial charge in [-0.15, -0.1) is 0 Å². The lowest BCUT2D eigenvalue weighted by Crippen LogP contribution is -2.26. The van der Waals surface area contributed by atoms with Crippen molar-refractivity contribution in [2.45, 2.75) is 38.1 Å². The van der Waals surface area contributed by atoms with Crippen LogP contribution in [0.3, 0.4) is 0 Å². The molecule has 1 aliphatic heterocycles. The van der Waals surface area contributed by atoms with E-state index in [9.17, 15) is 0 Å². The minimum absolute atomic E-state index is 0.0283. The highest BCUT2D eigenvalue weighted by Gasteiger charge is 2.36. The number of furan rings is 1. The quantitative estimate of drug-likeness (QED) is 0.170. The Morgan fingerprint density at radius 1 is 0.523 bits per heavy atom. The summed E-state index contributed by atoms with van der Waals surface area (Å²) in [5.41, 5.74) is 18.0. The Morgan fingerprint density at radius 2 is 1.20 bits per heavy atom. The van der Waals surface area contributed by atoms with Gasteiger partial charge in [0.1, 0.15) is 11.2 Å². The largest absolute Gasteiger partial charge is 0.456 e. The molecule has 3 nitrogen and oxygen atoms in total. The molecule has 2 aromatic heterocycles. The molecule has 0 spiro atoms. The number of aromatic nitrogens is 1. The van der Waals surface area contributed by atoms with E-state index < -0.39 is 0 Å². The van der Waals surface area contributed by atoms with Crippen LogP contribution in [0, 0.1) is 5.92 Å². The number of rotatable bonds is 5. The van der Waals surface area contributed by atoms with Crippen LogP contribution in [0.2, 0.25) is 0 Å². The van der Waals surface area contributed by atoms with Crippen molar-refractivity contribution < 1.29 is 4.42 Å². The summed E-state index contributed by atoms with van der Waals surface area (Å²) < 4.78 is 9.31. The van der Waals surface area contributed by atoms with Gasteiger partial charge in [0, 0.05) is 57.1 Å². The monoisotopic (exact) mass is 834 g/mol. The molecule has 9 aromatic carbocycles. The van der Waals surface area contributed by atoms with Gasteiger partial charge in [0.05, 0.1) is 22.8 Å². The van der Waals surface area contributed by atoms with Gasteiger partial charge in [0.2, 0.25) is 0 Å². The maximum Gasteiger partial charge on any atom is 0.138 e. The number of aryl methyl sites for hydroxylation is 1. The van der Waals surface area contributed by atoms with Gasteiger partial charge >= 0.3 is 0 Å². The Hall–Kier alpha value is -7.75. The zero-order valence-electron chi connectivity index (χ0n) is 36.3. The van der Waals surface area contributed by atoms with Crippen LogP contribution in [-0.4, -0.2) is 16.3 Å². The lowest BCUT2D eigenvalue weighted by molar-refractivity contribution is 0.441. The smallest absolute Gasteiger partial charge is 0.138 e. The Balaban J connectivity index is 1.05. The van der Waals surface area contributed by atoms with E-state index in [1.807, 2.05) is 0 Å². The van der Waals surface area contributed by atoms with E-state index in [0.29, 0.717) is 6.42 Å². The zero-order chi connectivity index (χ0) is 43.0. The third kappa shape index (κ3) is 6.21. The molecule has 1 aliphatic carbocycles. The molecule has 310 valence electrons. The van der Waals surface area contributed by atoms with Gasteiger partial charge in [-0.25, -0.2) is 0 Å². The number of para-hydroxylation sites is 2. The average Bonchev–Trinajstić information content (AvgIpc) is 3.77. The van der Waals surface area contributed by atoms with Gasteiger partial charge < -0.3 is 8.98 Å². The molecule has 0 bridgehead atoms. The second kappa shape index (κ2) is 15.2. The van der Waals surface area contributed by atoms with Crippen molar-refractivity contribution in [3.63, 3.8) is 0 Å². The molecule has 3 heterocycles. The van der Waals surface area contributed by atoms with Crippen LogP contribution in [0.1, 0.15) is 47.9 Å². The molecule has 3 atom stereocenters. The van der Waals surface area contributed by atoms with Gasteiger partial charge in [-0.05, 0) is 98.5 Å².